The molecule has 2 rings (SSSR count). The molecule has 0 spiro atoms. The zero-order valence-corrected chi connectivity index (χ0v) is 10.5. The third-order valence-electron chi connectivity index (χ3n) is 4.17. The summed E-state index contributed by atoms with van der Waals surface area (Å²) in [5.41, 5.74) is 0.625. The van der Waals surface area contributed by atoms with Crippen LogP contribution in [0.4, 0.5) is 0 Å². The minimum Gasteiger partial charge on any atom is -0.312 e. The molecule has 2 atom stereocenters. The van der Waals surface area contributed by atoms with E-state index in [0.717, 1.165) is 0 Å². The molecule has 1 nitrogen and oxygen atoms in total. The fourth-order valence-corrected chi connectivity index (χ4v) is 3.48. The van der Waals surface area contributed by atoms with Gasteiger partial charge in [0.25, 0.3) is 0 Å². The highest BCUT2D eigenvalue weighted by Crippen LogP contribution is 2.48. The van der Waals surface area contributed by atoms with Crippen LogP contribution in [0.25, 0.3) is 0 Å². The summed E-state index contributed by atoms with van der Waals surface area (Å²) >= 11 is 2.16. The van der Waals surface area contributed by atoms with Crippen LogP contribution >= 0.6 is 11.8 Å². The first-order valence-corrected chi connectivity index (χ1v) is 6.90. The van der Waals surface area contributed by atoms with Gasteiger partial charge in [0, 0.05) is 17.3 Å². The SMILES string of the molecule is CC(NCC1(C)CCCS1)C1(C)CC1. The largest absolute Gasteiger partial charge is 0.312 e. The van der Waals surface area contributed by atoms with Crippen LogP contribution in [0.2, 0.25) is 0 Å². The first-order valence-electron chi connectivity index (χ1n) is 5.92. The van der Waals surface area contributed by atoms with Gasteiger partial charge in [-0.25, -0.2) is 0 Å². The smallest absolute Gasteiger partial charge is 0.0256 e. The van der Waals surface area contributed by atoms with Crippen molar-refractivity contribution in [3.05, 3.63) is 0 Å². The Balaban J connectivity index is 1.76. The molecule has 2 heteroatoms. The topological polar surface area (TPSA) is 12.0 Å². The summed E-state index contributed by atoms with van der Waals surface area (Å²) in [6, 6.07) is 0.709. The molecule has 82 valence electrons. The summed E-state index contributed by atoms with van der Waals surface area (Å²) in [5.74, 6) is 1.36. The van der Waals surface area contributed by atoms with Crippen LogP contribution in [-0.4, -0.2) is 23.1 Å². The molecule has 1 aliphatic carbocycles. The molecule has 1 aliphatic heterocycles. The molecule has 0 aromatic heterocycles. The molecule has 2 aliphatic rings. The lowest BCUT2D eigenvalue weighted by molar-refractivity contribution is 0.364. The second kappa shape index (κ2) is 3.71. The van der Waals surface area contributed by atoms with E-state index in [0.29, 0.717) is 16.2 Å². The maximum absolute atomic E-state index is 3.75. The Bertz CT molecular complexity index is 204. The molecule has 0 bridgehead atoms. The fourth-order valence-electron chi connectivity index (χ4n) is 2.22. The van der Waals surface area contributed by atoms with E-state index in [1.54, 1.807) is 0 Å². The molecule has 0 aromatic rings. The maximum atomic E-state index is 3.75. The van der Waals surface area contributed by atoms with E-state index in [1.165, 1.54) is 38.0 Å². The second-order valence-corrected chi connectivity index (χ2v) is 7.34. The lowest BCUT2D eigenvalue weighted by Crippen LogP contribution is -2.41. The van der Waals surface area contributed by atoms with Crippen LogP contribution in [0, 0.1) is 5.41 Å². The Morgan fingerprint density at radius 2 is 2.00 bits per heavy atom. The van der Waals surface area contributed by atoms with Crippen molar-refractivity contribution < 1.29 is 0 Å². The van der Waals surface area contributed by atoms with E-state index >= 15 is 0 Å². The van der Waals surface area contributed by atoms with Crippen molar-refractivity contribution in [2.24, 2.45) is 5.41 Å². The Morgan fingerprint density at radius 1 is 1.29 bits per heavy atom. The van der Waals surface area contributed by atoms with Crippen molar-refractivity contribution >= 4 is 11.8 Å². The minimum absolute atomic E-state index is 0.527. The number of hydrogen-bond acceptors (Lipinski definition) is 2. The Morgan fingerprint density at radius 3 is 2.50 bits per heavy atom. The molecule has 0 aromatic carbocycles. The zero-order chi connectivity index (χ0) is 10.2. The van der Waals surface area contributed by atoms with Crippen LogP contribution in [0.5, 0.6) is 0 Å². The predicted molar refractivity (Wildman–Crippen MR) is 64.9 cm³/mol. The lowest BCUT2D eigenvalue weighted by atomic mass is 9.99. The lowest BCUT2D eigenvalue weighted by Gasteiger charge is -2.28. The highest BCUT2D eigenvalue weighted by atomic mass is 32.2. The highest BCUT2D eigenvalue weighted by molar-refractivity contribution is 8.00. The van der Waals surface area contributed by atoms with E-state index in [1.807, 2.05) is 0 Å². The first kappa shape index (κ1) is 10.8. The van der Waals surface area contributed by atoms with Crippen molar-refractivity contribution in [2.75, 3.05) is 12.3 Å². The Labute approximate surface area is 92.4 Å². The first-order chi connectivity index (χ1) is 6.54. The van der Waals surface area contributed by atoms with Gasteiger partial charge in [-0.1, -0.05) is 6.92 Å². The van der Waals surface area contributed by atoms with Crippen LogP contribution in [0.15, 0.2) is 0 Å². The summed E-state index contributed by atoms with van der Waals surface area (Å²) < 4.78 is 0.527. The molecule has 1 N–H and O–H groups in total. The average molecular weight is 213 g/mol. The monoisotopic (exact) mass is 213 g/mol. The van der Waals surface area contributed by atoms with Gasteiger partial charge in [-0.3, -0.25) is 0 Å². The van der Waals surface area contributed by atoms with E-state index in [9.17, 15) is 0 Å². The normalized spacial score (nSPS) is 37.1. The molecular weight excluding hydrogens is 190 g/mol. The maximum Gasteiger partial charge on any atom is 0.0256 e. The highest BCUT2D eigenvalue weighted by Gasteiger charge is 2.43. The van der Waals surface area contributed by atoms with Crippen LogP contribution < -0.4 is 5.32 Å². The van der Waals surface area contributed by atoms with E-state index in [-0.39, 0.29) is 0 Å². The molecule has 14 heavy (non-hydrogen) atoms. The van der Waals surface area contributed by atoms with Crippen molar-refractivity contribution in [2.45, 2.75) is 57.2 Å². The number of rotatable bonds is 4. The van der Waals surface area contributed by atoms with Crippen LogP contribution in [0.3, 0.4) is 0 Å². The zero-order valence-electron chi connectivity index (χ0n) is 9.73. The van der Waals surface area contributed by atoms with E-state index < -0.39 is 0 Å². The molecule has 1 saturated heterocycles. The minimum atomic E-state index is 0.527. The van der Waals surface area contributed by atoms with Gasteiger partial charge in [-0.05, 0) is 50.7 Å². The summed E-state index contributed by atoms with van der Waals surface area (Å²) in [6.07, 6.45) is 5.65. The second-order valence-electron chi connectivity index (χ2n) is 5.66. The third kappa shape index (κ3) is 2.27. The molecule has 0 radical (unpaired) electrons. The Kier molecular flexibility index (Phi) is 2.87. The van der Waals surface area contributed by atoms with Crippen molar-refractivity contribution in [1.82, 2.24) is 5.32 Å². The molecule has 0 amide bonds. The van der Waals surface area contributed by atoms with Crippen LogP contribution in [-0.2, 0) is 0 Å². The van der Waals surface area contributed by atoms with Gasteiger partial charge in [0.15, 0.2) is 0 Å². The third-order valence-corrected chi connectivity index (χ3v) is 5.70. The van der Waals surface area contributed by atoms with E-state index in [2.05, 4.69) is 37.8 Å². The number of nitrogens with one attached hydrogen (secondary N) is 1. The van der Waals surface area contributed by atoms with Crippen molar-refractivity contribution in [3.8, 4) is 0 Å². The van der Waals surface area contributed by atoms with Gasteiger partial charge in [-0.15, -0.1) is 0 Å². The van der Waals surface area contributed by atoms with Gasteiger partial charge < -0.3 is 5.32 Å². The Hall–Kier alpha value is 0.310. The molecule has 1 saturated carbocycles. The van der Waals surface area contributed by atoms with Crippen molar-refractivity contribution in [1.29, 1.82) is 0 Å². The fraction of sp³-hybridized carbons (Fsp3) is 1.00. The van der Waals surface area contributed by atoms with Gasteiger partial charge in [0.1, 0.15) is 0 Å². The average Bonchev–Trinajstić information content (AvgIpc) is 2.75. The van der Waals surface area contributed by atoms with Gasteiger partial charge >= 0.3 is 0 Å². The number of hydrogen-bond donors (Lipinski definition) is 1. The van der Waals surface area contributed by atoms with Gasteiger partial charge in [-0.2, -0.15) is 11.8 Å². The van der Waals surface area contributed by atoms with Crippen molar-refractivity contribution in [3.63, 3.8) is 0 Å². The molecular formula is C12H23NS. The quantitative estimate of drug-likeness (QED) is 0.770. The summed E-state index contributed by atoms with van der Waals surface area (Å²) in [6.45, 7) is 8.39. The molecule has 1 heterocycles. The standard InChI is InChI=1S/C12H23NS/c1-10(11(2)6-7-11)13-9-12(3)5-4-8-14-12/h10,13H,4-9H2,1-3H3. The summed E-state index contributed by atoms with van der Waals surface area (Å²) in [7, 11) is 0. The number of thioether (sulfide) groups is 1. The van der Waals surface area contributed by atoms with Gasteiger partial charge in [0.05, 0.1) is 0 Å². The molecule has 2 fully saturated rings. The molecule has 2 unspecified atom stereocenters. The van der Waals surface area contributed by atoms with E-state index in [4.69, 9.17) is 0 Å². The van der Waals surface area contributed by atoms with Crippen LogP contribution in [0.1, 0.15) is 46.5 Å². The predicted octanol–water partition coefficient (Wildman–Crippen LogP) is 3.05. The summed E-state index contributed by atoms with van der Waals surface area (Å²) in [5, 5.41) is 3.75. The summed E-state index contributed by atoms with van der Waals surface area (Å²) in [4.78, 5) is 0. The van der Waals surface area contributed by atoms with Gasteiger partial charge in [0.2, 0.25) is 0 Å².